The van der Waals surface area contributed by atoms with Gasteiger partial charge >= 0.3 is 0 Å². The molecule has 0 bridgehead atoms. The maximum atomic E-state index is 8.64. The molecule has 0 amide bonds. The fourth-order valence-electron chi connectivity index (χ4n) is 1.93. The molecule has 0 atom stereocenters. The lowest BCUT2D eigenvalue weighted by Crippen LogP contribution is -2.46. The average molecular weight is 232 g/mol. The summed E-state index contributed by atoms with van der Waals surface area (Å²) < 4.78 is 5.11. The summed E-state index contributed by atoms with van der Waals surface area (Å²) in [6, 6.07) is 7.96. The summed E-state index contributed by atoms with van der Waals surface area (Å²) in [6.45, 7) is 4.14. The second-order valence-corrected chi connectivity index (χ2v) is 3.96. The standard InChI is InChI=1S/C12H16N4O/c1-17-12-4-2-3-11(14-12)16-9-7-15(6-5-13)8-10-16/h2-4H,6-10H2,1H3. The molecule has 1 saturated heterocycles. The highest BCUT2D eigenvalue weighted by molar-refractivity contribution is 5.41. The number of rotatable bonds is 3. The quantitative estimate of drug-likeness (QED) is 0.719. The molecule has 2 heterocycles. The molecular weight excluding hydrogens is 216 g/mol. The van der Waals surface area contributed by atoms with Crippen LogP contribution in [-0.2, 0) is 0 Å². The molecule has 1 aromatic heterocycles. The molecule has 1 aromatic rings. The Morgan fingerprint density at radius 2 is 2.12 bits per heavy atom. The van der Waals surface area contributed by atoms with E-state index < -0.39 is 0 Å². The molecule has 0 radical (unpaired) electrons. The van der Waals surface area contributed by atoms with E-state index in [2.05, 4.69) is 20.9 Å². The van der Waals surface area contributed by atoms with Crippen LogP contribution in [0.5, 0.6) is 5.88 Å². The van der Waals surface area contributed by atoms with Gasteiger partial charge in [-0.05, 0) is 6.07 Å². The molecule has 1 aliphatic heterocycles. The number of nitrogens with zero attached hydrogens (tertiary/aromatic N) is 4. The van der Waals surface area contributed by atoms with Gasteiger partial charge in [-0.15, -0.1) is 0 Å². The van der Waals surface area contributed by atoms with Crippen LogP contribution in [0.2, 0.25) is 0 Å². The van der Waals surface area contributed by atoms with E-state index in [1.165, 1.54) is 0 Å². The van der Waals surface area contributed by atoms with Gasteiger partial charge in [0, 0.05) is 32.2 Å². The first-order valence-electron chi connectivity index (χ1n) is 5.69. The molecule has 0 unspecified atom stereocenters. The lowest BCUT2D eigenvalue weighted by molar-refractivity contribution is 0.286. The third kappa shape index (κ3) is 2.86. The number of hydrogen-bond donors (Lipinski definition) is 0. The van der Waals surface area contributed by atoms with Gasteiger partial charge in [0.05, 0.1) is 19.7 Å². The molecule has 0 saturated carbocycles. The number of piperazine rings is 1. The van der Waals surface area contributed by atoms with Gasteiger partial charge in [0.25, 0.3) is 0 Å². The minimum Gasteiger partial charge on any atom is -0.481 e. The second-order valence-electron chi connectivity index (χ2n) is 3.96. The summed E-state index contributed by atoms with van der Waals surface area (Å²) in [6.07, 6.45) is 0. The molecule has 5 nitrogen and oxygen atoms in total. The molecule has 2 rings (SSSR count). The highest BCUT2D eigenvalue weighted by Gasteiger charge is 2.17. The van der Waals surface area contributed by atoms with Gasteiger partial charge in [-0.2, -0.15) is 10.2 Å². The first-order valence-corrected chi connectivity index (χ1v) is 5.69. The Bertz CT molecular complexity index is 407. The summed E-state index contributed by atoms with van der Waals surface area (Å²) >= 11 is 0. The zero-order chi connectivity index (χ0) is 12.1. The topological polar surface area (TPSA) is 52.4 Å². The van der Waals surface area contributed by atoms with Crippen molar-refractivity contribution >= 4 is 5.82 Å². The summed E-state index contributed by atoms with van der Waals surface area (Å²) in [7, 11) is 1.62. The predicted octanol–water partition coefficient (Wildman–Crippen LogP) is 0.736. The van der Waals surface area contributed by atoms with Crippen LogP contribution < -0.4 is 9.64 Å². The van der Waals surface area contributed by atoms with Crippen LogP contribution in [0.4, 0.5) is 5.82 Å². The number of ether oxygens (including phenoxy) is 1. The molecular formula is C12H16N4O. The van der Waals surface area contributed by atoms with E-state index in [9.17, 15) is 0 Å². The van der Waals surface area contributed by atoms with Gasteiger partial charge in [0.1, 0.15) is 5.82 Å². The first-order chi connectivity index (χ1) is 8.33. The summed E-state index contributed by atoms with van der Waals surface area (Å²) in [5, 5.41) is 8.64. The molecule has 90 valence electrons. The van der Waals surface area contributed by atoms with Crippen molar-refractivity contribution < 1.29 is 4.74 Å². The normalized spacial score (nSPS) is 16.6. The van der Waals surface area contributed by atoms with Crippen molar-refractivity contribution in [2.24, 2.45) is 0 Å². The van der Waals surface area contributed by atoms with Crippen LogP contribution in [0.3, 0.4) is 0 Å². The van der Waals surface area contributed by atoms with Crippen molar-refractivity contribution in [3.05, 3.63) is 18.2 Å². The van der Waals surface area contributed by atoms with Gasteiger partial charge < -0.3 is 9.64 Å². The Hall–Kier alpha value is -1.80. The molecule has 0 aliphatic carbocycles. The number of methoxy groups -OCH3 is 1. The summed E-state index contributed by atoms with van der Waals surface area (Å²) in [4.78, 5) is 8.77. The van der Waals surface area contributed by atoms with Crippen molar-refractivity contribution in [2.45, 2.75) is 0 Å². The van der Waals surface area contributed by atoms with Crippen molar-refractivity contribution in [1.29, 1.82) is 5.26 Å². The second kappa shape index (κ2) is 5.51. The maximum absolute atomic E-state index is 8.64. The maximum Gasteiger partial charge on any atom is 0.214 e. The average Bonchev–Trinajstić information content (AvgIpc) is 2.40. The minimum absolute atomic E-state index is 0.513. The molecule has 0 aromatic carbocycles. The third-order valence-corrected chi connectivity index (χ3v) is 2.91. The van der Waals surface area contributed by atoms with Gasteiger partial charge in [0.15, 0.2) is 0 Å². The van der Waals surface area contributed by atoms with E-state index in [1.54, 1.807) is 7.11 Å². The fourth-order valence-corrected chi connectivity index (χ4v) is 1.93. The van der Waals surface area contributed by atoms with Gasteiger partial charge in [0.2, 0.25) is 5.88 Å². The summed E-state index contributed by atoms with van der Waals surface area (Å²) in [5.74, 6) is 1.59. The smallest absolute Gasteiger partial charge is 0.214 e. The first kappa shape index (κ1) is 11.7. The van der Waals surface area contributed by atoms with Crippen LogP contribution in [0, 0.1) is 11.3 Å². The van der Waals surface area contributed by atoms with Crippen LogP contribution in [0.15, 0.2) is 18.2 Å². The van der Waals surface area contributed by atoms with E-state index in [0.717, 1.165) is 32.0 Å². The SMILES string of the molecule is COc1cccc(N2CCN(CC#N)CC2)n1. The van der Waals surface area contributed by atoms with Crippen LogP contribution in [-0.4, -0.2) is 49.7 Å². The van der Waals surface area contributed by atoms with Crippen LogP contribution in [0.25, 0.3) is 0 Å². The molecule has 0 spiro atoms. The van der Waals surface area contributed by atoms with E-state index >= 15 is 0 Å². The Morgan fingerprint density at radius 3 is 2.76 bits per heavy atom. The molecule has 0 N–H and O–H groups in total. The highest BCUT2D eigenvalue weighted by atomic mass is 16.5. The molecule has 17 heavy (non-hydrogen) atoms. The predicted molar refractivity (Wildman–Crippen MR) is 65.1 cm³/mol. The number of pyridine rings is 1. The Kier molecular flexibility index (Phi) is 3.78. The lowest BCUT2D eigenvalue weighted by atomic mass is 10.3. The van der Waals surface area contributed by atoms with Crippen molar-refractivity contribution in [1.82, 2.24) is 9.88 Å². The molecule has 1 fully saturated rings. The fraction of sp³-hybridized carbons (Fsp3) is 0.500. The van der Waals surface area contributed by atoms with Gasteiger partial charge in [-0.1, -0.05) is 6.07 Å². The van der Waals surface area contributed by atoms with Crippen molar-refractivity contribution in [3.8, 4) is 11.9 Å². The van der Waals surface area contributed by atoms with E-state index in [1.807, 2.05) is 18.2 Å². The summed E-state index contributed by atoms with van der Waals surface area (Å²) in [5.41, 5.74) is 0. The number of hydrogen-bond acceptors (Lipinski definition) is 5. The van der Waals surface area contributed by atoms with Gasteiger partial charge in [-0.25, -0.2) is 0 Å². The Morgan fingerprint density at radius 1 is 1.35 bits per heavy atom. The van der Waals surface area contributed by atoms with E-state index in [0.29, 0.717) is 12.4 Å². The number of anilines is 1. The van der Waals surface area contributed by atoms with Gasteiger partial charge in [-0.3, -0.25) is 4.90 Å². The van der Waals surface area contributed by atoms with E-state index in [4.69, 9.17) is 10.00 Å². The van der Waals surface area contributed by atoms with Crippen molar-refractivity contribution in [3.63, 3.8) is 0 Å². The molecule has 5 heteroatoms. The minimum atomic E-state index is 0.513. The monoisotopic (exact) mass is 232 g/mol. The zero-order valence-electron chi connectivity index (χ0n) is 9.96. The van der Waals surface area contributed by atoms with Crippen LogP contribution in [0.1, 0.15) is 0 Å². The largest absolute Gasteiger partial charge is 0.481 e. The number of aromatic nitrogens is 1. The highest BCUT2D eigenvalue weighted by Crippen LogP contribution is 2.17. The zero-order valence-corrected chi connectivity index (χ0v) is 9.96. The molecule has 1 aliphatic rings. The third-order valence-electron chi connectivity index (χ3n) is 2.91. The Labute approximate surface area is 101 Å². The van der Waals surface area contributed by atoms with E-state index in [-0.39, 0.29) is 0 Å². The number of nitriles is 1. The lowest BCUT2D eigenvalue weighted by Gasteiger charge is -2.34. The Balaban J connectivity index is 1.98. The van der Waals surface area contributed by atoms with Crippen molar-refractivity contribution in [2.75, 3.05) is 44.7 Å². The van der Waals surface area contributed by atoms with Crippen LogP contribution >= 0.6 is 0 Å².